The van der Waals surface area contributed by atoms with E-state index in [2.05, 4.69) is 10.6 Å². The van der Waals surface area contributed by atoms with Gasteiger partial charge in [-0.15, -0.1) is 0 Å². The lowest BCUT2D eigenvalue weighted by molar-refractivity contribution is -0.115. The van der Waals surface area contributed by atoms with Crippen LogP contribution in [-0.2, 0) is 4.79 Å². The number of amides is 1. The maximum absolute atomic E-state index is 13.7. The zero-order valence-electron chi connectivity index (χ0n) is 13.1. The van der Waals surface area contributed by atoms with E-state index in [-0.39, 0.29) is 17.3 Å². The van der Waals surface area contributed by atoms with E-state index in [9.17, 15) is 13.6 Å². The summed E-state index contributed by atoms with van der Waals surface area (Å²) in [6, 6.07) is 6.68. The summed E-state index contributed by atoms with van der Waals surface area (Å²) in [5, 5.41) is 5.61. The van der Waals surface area contributed by atoms with Crippen molar-refractivity contribution in [2.75, 3.05) is 11.9 Å². The number of rotatable bonds is 5. The van der Waals surface area contributed by atoms with Crippen LogP contribution in [0.15, 0.2) is 30.3 Å². The summed E-state index contributed by atoms with van der Waals surface area (Å²) in [6.45, 7) is 3.40. The minimum absolute atomic E-state index is 0.0662. The predicted octanol–water partition coefficient (Wildman–Crippen LogP) is 4.87. The van der Waals surface area contributed by atoms with Crippen molar-refractivity contribution in [3.63, 3.8) is 0 Å². The first-order chi connectivity index (χ1) is 11.3. The number of halogens is 4. The highest BCUT2D eigenvalue weighted by atomic mass is 35.5. The van der Waals surface area contributed by atoms with Gasteiger partial charge >= 0.3 is 0 Å². The van der Waals surface area contributed by atoms with E-state index in [0.717, 1.165) is 5.56 Å². The molecule has 0 aromatic heterocycles. The Morgan fingerprint density at radius 1 is 1.12 bits per heavy atom. The van der Waals surface area contributed by atoms with Gasteiger partial charge in [0.2, 0.25) is 5.91 Å². The molecule has 0 aliphatic carbocycles. The third-order valence-electron chi connectivity index (χ3n) is 3.47. The van der Waals surface area contributed by atoms with Crippen molar-refractivity contribution in [3.05, 3.63) is 63.1 Å². The van der Waals surface area contributed by atoms with Gasteiger partial charge in [-0.1, -0.05) is 29.3 Å². The average Bonchev–Trinajstić information content (AvgIpc) is 2.51. The van der Waals surface area contributed by atoms with Crippen molar-refractivity contribution in [2.45, 2.75) is 19.9 Å². The van der Waals surface area contributed by atoms with Crippen LogP contribution >= 0.6 is 23.2 Å². The van der Waals surface area contributed by atoms with Crippen molar-refractivity contribution in [1.29, 1.82) is 0 Å². The third-order valence-corrected chi connectivity index (χ3v) is 4.09. The Kier molecular flexibility index (Phi) is 6.15. The molecule has 2 aromatic carbocycles. The zero-order valence-corrected chi connectivity index (χ0v) is 14.6. The van der Waals surface area contributed by atoms with Crippen LogP contribution in [0.4, 0.5) is 14.5 Å². The molecule has 0 heterocycles. The number of hydrogen-bond donors (Lipinski definition) is 2. The number of aryl methyl sites for hydroxylation is 1. The van der Waals surface area contributed by atoms with E-state index < -0.39 is 23.6 Å². The molecule has 0 saturated heterocycles. The minimum Gasteiger partial charge on any atom is -0.322 e. The quantitative estimate of drug-likeness (QED) is 0.735. The molecule has 0 aliphatic heterocycles. The molecule has 2 N–H and O–H groups in total. The fourth-order valence-corrected chi connectivity index (χ4v) is 2.69. The molecule has 3 nitrogen and oxygen atoms in total. The molecule has 24 heavy (non-hydrogen) atoms. The second kappa shape index (κ2) is 7.92. The van der Waals surface area contributed by atoms with Gasteiger partial charge in [0.05, 0.1) is 17.3 Å². The Balaban J connectivity index is 1.97. The summed E-state index contributed by atoms with van der Waals surface area (Å²) < 4.78 is 27.2. The van der Waals surface area contributed by atoms with E-state index in [0.29, 0.717) is 10.6 Å². The molecule has 128 valence electrons. The molecule has 1 atom stereocenters. The number of benzene rings is 2. The maximum Gasteiger partial charge on any atom is 0.238 e. The van der Waals surface area contributed by atoms with Crippen molar-refractivity contribution < 1.29 is 13.6 Å². The molecular weight excluding hydrogens is 357 g/mol. The number of carbonyl (C=O) groups excluding carboxylic acids is 1. The monoisotopic (exact) mass is 372 g/mol. The van der Waals surface area contributed by atoms with Crippen LogP contribution in [0, 0.1) is 18.6 Å². The number of carbonyl (C=O) groups is 1. The summed E-state index contributed by atoms with van der Waals surface area (Å²) in [5.74, 6) is -1.51. The van der Waals surface area contributed by atoms with Gasteiger partial charge < -0.3 is 10.6 Å². The molecule has 0 spiro atoms. The van der Waals surface area contributed by atoms with Crippen LogP contribution in [0.2, 0.25) is 10.0 Å². The van der Waals surface area contributed by atoms with Crippen LogP contribution < -0.4 is 10.6 Å². The molecule has 0 radical (unpaired) electrons. The molecule has 0 bridgehead atoms. The Labute approximate surface area is 149 Å². The maximum atomic E-state index is 13.7. The summed E-state index contributed by atoms with van der Waals surface area (Å²) >= 11 is 11.7. The van der Waals surface area contributed by atoms with Gasteiger partial charge in [0, 0.05) is 11.1 Å². The van der Waals surface area contributed by atoms with E-state index in [1.165, 1.54) is 24.3 Å². The van der Waals surface area contributed by atoms with Crippen LogP contribution in [0.5, 0.6) is 0 Å². The largest absolute Gasteiger partial charge is 0.322 e. The third kappa shape index (κ3) is 4.66. The summed E-state index contributed by atoms with van der Waals surface area (Å²) in [6.07, 6.45) is 0. The molecule has 0 aliphatic rings. The van der Waals surface area contributed by atoms with Gasteiger partial charge in [0.1, 0.15) is 11.6 Å². The van der Waals surface area contributed by atoms with Gasteiger partial charge in [0.25, 0.3) is 0 Å². The van der Waals surface area contributed by atoms with Crippen molar-refractivity contribution in [3.8, 4) is 0 Å². The van der Waals surface area contributed by atoms with Crippen LogP contribution in [-0.4, -0.2) is 12.5 Å². The first-order valence-corrected chi connectivity index (χ1v) is 7.97. The highest BCUT2D eigenvalue weighted by Gasteiger charge is 2.15. The van der Waals surface area contributed by atoms with Crippen LogP contribution in [0.25, 0.3) is 0 Å². The van der Waals surface area contributed by atoms with Crippen molar-refractivity contribution in [1.82, 2.24) is 5.32 Å². The fourth-order valence-electron chi connectivity index (χ4n) is 2.14. The Bertz CT molecular complexity index is 768. The SMILES string of the molecule is Cc1ccc(NC(=O)CN[C@H](C)c2cc(F)c(Cl)cc2Cl)c(F)c1. The lowest BCUT2D eigenvalue weighted by atomic mass is 10.1. The Hall–Kier alpha value is -1.69. The van der Waals surface area contributed by atoms with Crippen molar-refractivity contribution in [2.24, 2.45) is 0 Å². The second-order valence-electron chi connectivity index (χ2n) is 5.42. The van der Waals surface area contributed by atoms with E-state index in [4.69, 9.17) is 23.2 Å². The molecule has 2 aromatic rings. The molecular formula is C17H16Cl2F2N2O. The first-order valence-electron chi connectivity index (χ1n) is 7.21. The molecule has 1 amide bonds. The van der Waals surface area contributed by atoms with E-state index >= 15 is 0 Å². The first kappa shape index (κ1) is 18.6. The van der Waals surface area contributed by atoms with E-state index in [1.54, 1.807) is 19.9 Å². The van der Waals surface area contributed by atoms with Gasteiger partial charge in [-0.05, 0) is 49.2 Å². The molecule has 0 saturated carbocycles. The van der Waals surface area contributed by atoms with Gasteiger partial charge in [0.15, 0.2) is 0 Å². The predicted molar refractivity (Wildman–Crippen MR) is 92.6 cm³/mol. The fraction of sp³-hybridized carbons (Fsp3) is 0.235. The van der Waals surface area contributed by atoms with Gasteiger partial charge in [-0.25, -0.2) is 8.78 Å². The van der Waals surface area contributed by atoms with Gasteiger partial charge in [-0.2, -0.15) is 0 Å². The van der Waals surface area contributed by atoms with Crippen LogP contribution in [0.3, 0.4) is 0 Å². The highest BCUT2D eigenvalue weighted by Crippen LogP contribution is 2.28. The minimum atomic E-state index is -0.587. The number of anilines is 1. The summed E-state index contributed by atoms with van der Waals surface area (Å²) in [4.78, 5) is 11.9. The summed E-state index contributed by atoms with van der Waals surface area (Å²) in [7, 11) is 0. The number of hydrogen-bond acceptors (Lipinski definition) is 2. The highest BCUT2D eigenvalue weighted by molar-refractivity contribution is 6.35. The zero-order chi connectivity index (χ0) is 17.9. The lowest BCUT2D eigenvalue weighted by Gasteiger charge is -2.16. The van der Waals surface area contributed by atoms with Gasteiger partial charge in [-0.3, -0.25) is 4.79 Å². The smallest absolute Gasteiger partial charge is 0.238 e. The molecule has 7 heteroatoms. The standard InChI is InChI=1S/C17H16Cl2F2N2O/c1-9-3-4-16(15(21)5-9)23-17(24)8-22-10(2)11-6-14(20)13(19)7-12(11)18/h3-7,10,22H,8H2,1-2H3,(H,23,24)/t10-/m1/s1. The lowest BCUT2D eigenvalue weighted by Crippen LogP contribution is -2.30. The molecule has 0 fully saturated rings. The van der Waals surface area contributed by atoms with E-state index in [1.807, 2.05) is 0 Å². The molecule has 0 unspecified atom stereocenters. The Morgan fingerprint density at radius 3 is 2.50 bits per heavy atom. The van der Waals surface area contributed by atoms with Crippen LogP contribution in [0.1, 0.15) is 24.1 Å². The molecule has 2 rings (SSSR count). The normalized spacial score (nSPS) is 12.1. The Morgan fingerprint density at radius 2 is 1.83 bits per heavy atom. The summed E-state index contributed by atoms with van der Waals surface area (Å²) in [5.41, 5.74) is 1.35. The van der Waals surface area contributed by atoms with Crippen molar-refractivity contribution >= 4 is 34.8 Å². The topological polar surface area (TPSA) is 41.1 Å². The number of nitrogens with one attached hydrogen (secondary N) is 2. The average molecular weight is 373 g/mol. The second-order valence-corrected chi connectivity index (χ2v) is 6.24.